The second-order valence-electron chi connectivity index (χ2n) is 14.1. The Kier molecular flexibility index (Phi) is 13.6. The van der Waals surface area contributed by atoms with Crippen molar-refractivity contribution in [1.29, 1.82) is 0 Å². The minimum atomic E-state index is -3.68. The zero-order chi connectivity index (χ0) is 42.1. The molecule has 0 bridgehead atoms. The number of nitrogens with zero attached hydrogens (tertiary/aromatic N) is 6. The summed E-state index contributed by atoms with van der Waals surface area (Å²) in [6.07, 6.45) is 0. The number of rotatable bonds is 8. The van der Waals surface area contributed by atoms with Gasteiger partial charge in [-0.25, -0.2) is 26.8 Å². The molecule has 10 nitrogen and oxygen atoms in total. The van der Waals surface area contributed by atoms with Crippen LogP contribution in [0.15, 0.2) is 99.4 Å². The van der Waals surface area contributed by atoms with Crippen LogP contribution in [0.2, 0.25) is 20.1 Å². The molecule has 0 atom stereocenters. The highest BCUT2D eigenvalue weighted by molar-refractivity contribution is 7.89. The molecule has 59 heavy (non-hydrogen) atoms. The Morgan fingerprint density at radius 2 is 0.932 bits per heavy atom. The van der Waals surface area contributed by atoms with Crippen molar-refractivity contribution in [2.24, 2.45) is 0 Å². The molecule has 0 radical (unpaired) electrons. The van der Waals surface area contributed by atoms with E-state index in [0.29, 0.717) is 73.5 Å². The predicted octanol–water partition coefficient (Wildman–Crippen LogP) is 10.2. The number of aryl methyl sites for hydroxylation is 3. The predicted molar refractivity (Wildman–Crippen MR) is 244 cm³/mol. The third-order valence-electron chi connectivity index (χ3n) is 10.2. The van der Waals surface area contributed by atoms with Crippen LogP contribution in [-0.2, 0) is 20.0 Å². The van der Waals surface area contributed by atoms with Crippen LogP contribution in [0.4, 0.5) is 10.3 Å². The van der Waals surface area contributed by atoms with Gasteiger partial charge in [0.15, 0.2) is 10.3 Å². The average molecular weight is 951 g/mol. The fourth-order valence-electron chi connectivity index (χ4n) is 6.72. The van der Waals surface area contributed by atoms with Crippen molar-refractivity contribution in [3.05, 3.63) is 126 Å². The van der Waals surface area contributed by atoms with Crippen molar-refractivity contribution < 1.29 is 16.8 Å². The Morgan fingerprint density at radius 1 is 0.508 bits per heavy atom. The van der Waals surface area contributed by atoms with Gasteiger partial charge in [-0.15, -0.1) is 22.7 Å². The van der Waals surface area contributed by atoms with Crippen LogP contribution in [-0.4, -0.2) is 87.8 Å². The van der Waals surface area contributed by atoms with Crippen LogP contribution in [0.5, 0.6) is 0 Å². The molecule has 2 saturated heterocycles. The summed E-state index contributed by atoms with van der Waals surface area (Å²) in [5, 5.41) is 7.10. The minimum absolute atomic E-state index is 0.107. The lowest BCUT2D eigenvalue weighted by molar-refractivity contribution is 0.384. The summed E-state index contributed by atoms with van der Waals surface area (Å²) in [7, 11) is -7.36. The van der Waals surface area contributed by atoms with Crippen molar-refractivity contribution in [2.75, 3.05) is 62.2 Å². The molecule has 0 saturated carbocycles. The fraction of sp³-hybridized carbons (Fsp3) is 0.268. The lowest BCUT2D eigenvalue weighted by atomic mass is 10.1. The molecule has 6 aromatic rings. The van der Waals surface area contributed by atoms with Crippen LogP contribution < -0.4 is 9.80 Å². The molecule has 0 unspecified atom stereocenters. The van der Waals surface area contributed by atoms with Gasteiger partial charge in [0.05, 0.1) is 21.4 Å². The van der Waals surface area contributed by atoms with Gasteiger partial charge in [-0.3, -0.25) is 0 Å². The third-order valence-corrected chi connectivity index (χ3v) is 17.5. The van der Waals surface area contributed by atoms with E-state index in [0.717, 1.165) is 32.8 Å². The highest BCUT2D eigenvalue weighted by atomic mass is 35.5. The van der Waals surface area contributed by atoms with Crippen LogP contribution >= 0.6 is 69.1 Å². The van der Waals surface area contributed by atoms with E-state index in [-0.39, 0.29) is 19.8 Å². The smallest absolute Gasteiger partial charge is 0.244 e. The van der Waals surface area contributed by atoms with Gasteiger partial charge in [-0.2, -0.15) is 8.61 Å². The number of benzene rings is 4. The Labute approximate surface area is 373 Å². The van der Waals surface area contributed by atoms with Crippen molar-refractivity contribution in [3.63, 3.8) is 0 Å². The van der Waals surface area contributed by atoms with Gasteiger partial charge >= 0.3 is 0 Å². The first-order valence-electron chi connectivity index (χ1n) is 18.6. The first-order chi connectivity index (χ1) is 28.1. The summed E-state index contributed by atoms with van der Waals surface area (Å²) in [6, 6.07) is 24.2. The molecule has 0 aliphatic carbocycles. The first-order valence-corrected chi connectivity index (χ1v) is 24.7. The van der Waals surface area contributed by atoms with E-state index in [1.54, 1.807) is 48.7 Å². The van der Waals surface area contributed by atoms with Gasteiger partial charge in [-0.1, -0.05) is 101 Å². The molecule has 2 aliphatic heterocycles. The average Bonchev–Trinajstić information content (AvgIpc) is 3.93. The summed E-state index contributed by atoms with van der Waals surface area (Å²) >= 11 is 27.6. The maximum Gasteiger partial charge on any atom is 0.244 e. The van der Waals surface area contributed by atoms with Crippen LogP contribution in [0.3, 0.4) is 0 Å². The van der Waals surface area contributed by atoms with Crippen molar-refractivity contribution >= 4 is 99.4 Å². The van der Waals surface area contributed by atoms with Crippen LogP contribution in [0.1, 0.15) is 16.7 Å². The number of anilines is 2. The summed E-state index contributed by atoms with van der Waals surface area (Å²) < 4.78 is 55.3. The molecule has 4 aromatic carbocycles. The highest BCUT2D eigenvalue weighted by Gasteiger charge is 2.33. The lowest BCUT2D eigenvalue weighted by Crippen LogP contribution is -2.48. The SMILES string of the molecule is Cc1cc(S(=O)(=O)N2CCN(c3nc(-c4ccccc4)cs3)CC2)c(Cl)cc1Cl.Cc1cc(S(=O)(=O)N2CCN(c3nc(-c4ccccc4C)cs3)CC2)c(Cl)cc1Cl. The standard InChI is InChI=1S/C21H21Cl2N3O2S2.C20H19Cl2N3O2S2/c1-14-5-3-4-6-16(14)19-13-29-21(24-19)25-7-9-26(10-8-25)30(27,28)20-11-15(2)17(22)12-18(20)23;1-14-11-19(17(22)12-16(14)21)29(26,27)25-9-7-24(8-10-25)20-23-18(13-28-20)15-5-3-2-4-6-15/h3-6,11-13H,7-10H2,1-2H3;2-6,11-13H,7-10H2,1H3. The molecular formula is C41H40Cl4N6O4S4. The Bertz CT molecular complexity index is 2680. The molecule has 2 fully saturated rings. The zero-order valence-electron chi connectivity index (χ0n) is 32.3. The molecule has 0 amide bonds. The van der Waals surface area contributed by atoms with Gasteiger partial charge in [0.1, 0.15) is 9.79 Å². The number of hydrogen-bond acceptors (Lipinski definition) is 10. The van der Waals surface area contributed by atoms with Crippen molar-refractivity contribution in [3.8, 4) is 22.5 Å². The number of piperazine rings is 2. The normalized spacial score (nSPS) is 15.6. The largest absolute Gasteiger partial charge is 0.345 e. The molecular weight excluding hydrogens is 911 g/mol. The number of thiazole rings is 2. The second kappa shape index (κ2) is 18.4. The molecule has 2 aromatic heterocycles. The lowest BCUT2D eigenvalue weighted by Gasteiger charge is -2.34. The summed E-state index contributed by atoms with van der Waals surface area (Å²) in [5.41, 5.74) is 6.63. The highest BCUT2D eigenvalue weighted by Crippen LogP contribution is 2.35. The quantitative estimate of drug-likeness (QED) is 0.149. The molecule has 18 heteroatoms. The summed E-state index contributed by atoms with van der Waals surface area (Å²) in [5.74, 6) is 0. The minimum Gasteiger partial charge on any atom is -0.345 e. The molecule has 2 aliphatic rings. The van der Waals surface area contributed by atoms with Crippen LogP contribution in [0.25, 0.3) is 22.5 Å². The number of hydrogen-bond donors (Lipinski definition) is 0. The van der Waals surface area contributed by atoms with Gasteiger partial charge in [0.2, 0.25) is 20.0 Å². The molecule has 0 N–H and O–H groups in total. The number of sulfonamides is 2. The number of aromatic nitrogens is 2. The Balaban J connectivity index is 0.000000179. The summed E-state index contributed by atoms with van der Waals surface area (Å²) in [4.78, 5) is 14.0. The first kappa shape index (κ1) is 43.8. The molecule has 4 heterocycles. The van der Waals surface area contributed by atoms with E-state index >= 15 is 0 Å². The van der Waals surface area contributed by atoms with Crippen molar-refractivity contribution in [1.82, 2.24) is 18.6 Å². The molecule has 0 spiro atoms. The van der Waals surface area contributed by atoms with Crippen molar-refractivity contribution in [2.45, 2.75) is 30.6 Å². The summed E-state index contributed by atoms with van der Waals surface area (Å²) in [6.45, 7) is 9.40. The number of halogens is 4. The Hall–Kier alpha value is -3.28. The maximum absolute atomic E-state index is 13.1. The van der Waals surface area contributed by atoms with E-state index < -0.39 is 20.0 Å². The van der Waals surface area contributed by atoms with E-state index in [9.17, 15) is 16.8 Å². The molecule has 8 rings (SSSR count). The monoisotopic (exact) mass is 948 g/mol. The topological polar surface area (TPSA) is 107 Å². The zero-order valence-corrected chi connectivity index (χ0v) is 38.6. The molecule has 310 valence electrons. The maximum atomic E-state index is 13.1. The van der Waals surface area contributed by atoms with Gasteiger partial charge in [-0.05, 0) is 61.7 Å². The van der Waals surface area contributed by atoms with Gasteiger partial charge in [0.25, 0.3) is 0 Å². The van der Waals surface area contributed by atoms with Gasteiger partial charge < -0.3 is 9.80 Å². The van der Waals surface area contributed by atoms with E-state index in [4.69, 9.17) is 56.4 Å². The van der Waals surface area contributed by atoms with Gasteiger partial charge in [0, 0.05) is 84.3 Å². The third kappa shape index (κ3) is 9.62. The second-order valence-corrected chi connectivity index (χ2v) is 21.2. The Morgan fingerprint density at radius 3 is 1.41 bits per heavy atom. The van der Waals surface area contributed by atoms with E-state index in [1.807, 2.05) is 47.8 Å². The van der Waals surface area contributed by atoms with Crippen LogP contribution in [0, 0.1) is 20.8 Å². The fourth-order valence-corrected chi connectivity index (χ4v) is 12.9. The van der Waals surface area contributed by atoms with E-state index in [1.165, 1.54) is 26.3 Å². The van der Waals surface area contributed by atoms with E-state index in [2.05, 4.69) is 34.2 Å².